The molecule has 0 aromatic carbocycles. The number of hydrogen-bond acceptors (Lipinski definition) is 3. The van der Waals surface area contributed by atoms with Crippen LogP contribution in [0.3, 0.4) is 0 Å². The van der Waals surface area contributed by atoms with Crippen molar-refractivity contribution in [1.29, 1.82) is 0 Å². The number of pyridine rings is 1. The third kappa shape index (κ3) is 2.22. The lowest BCUT2D eigenvalue weighted by atomic mass is 9.95. The Hall–Kier alpha value is -1.25. The van der Waals surface area contributed by atoms with Gasteiger partial charge in [-0.25, -0.2) is 0 Å². The van der Waals surface area contributed by atoms with Gasteiger partial charge in [0.05, 0.1) is 17.6 Å². The molecule has 1 aliphatic rings. The van der Waals surface area contributed by atoms with Crippen LogP contribution in [0.15, 0.2) is 18.5 Å². The quantitative estimate of drug-likeness (QED) is 0.804. The number of nitrogens with two attached hydrogens (primary N) is 1. The summed E-state index contributed by atoms with van der Waals surface area (Å²) >= 11 is 0. The fourth-order valence-corrected chi connectivity index (χ4v) is 2.18. The lowest BCUT2D eigenvalue weighted by Crippen LogP contribution is -2.21. The summed E-state index contributed by atoms with van der Waals surface area (Å²) in [5.74, 6) is 1.58. The van der Waals surface area contributed by atoms with Gasteiger partial charge in [0.1, 0.15) is 0 Å². The Kier molecular flexibility index (Phi) is 2.80. The first-order valence-corrected chi connectivity index (χ1v) is 5.62. The predicted octanol–water partition coefficient (Wildman–Crippen LogP) is 2.15. The number of nitrogen functional groups attached to an aromatic ring is 1. The van der Waals surface area contributed by atoms with Crippen molar-refractivity contribution < 1.29 is 0 Å². The molecule has 0 radical (unpaired) electrons. The van der Waals surface area contributed by atoms with E-state index in [9.17, 15) is 0 Å². The van der Waals surface area contributed by atoms with Crippen LogP contribution in [-0.2, 0) is 0 Å². The second-order valence-electron chi connectivity index (χ2n) is 4.72. The van der Waals surface area contributed by atoms with E-state index in [2.05, 4.69) is 23.7 Å². The highest BCUT2D eigenvalue weighted by atomic mass is 15.2. The maximum Gasteiger partial charge on any atom is 0.0573 e. The molecule has 2 heterocycles. The van der Waals surface area contributed by atoms with E-state index in [0.717, 1.165) is 36.3 Å². The van der Waals surface area contributed by atoms with Crippen molar-refractivity contribution in [2.75, 3.05) is 23.7 Å². The van der Waals surface area contributed by atoms with Crippen LogP contribution in [-0.4, -0.2) is 18.1 Å². The molecule has 1 aromatic rings. The maximum atomic E-state index is 5.73. The molecule has 0 aliphatic carbocycles. The Labute approximate surface area is 91.3 Å². The van der Waals surface area contributed by atoms with E-state index in [4.69, 9.17) is 5.73 Å². The molecule has 2 N–H and O–H groups in total. The number of rotatable bonds is 2. The van der Waals surface area contributed by atoms with Gasteiger partial charge in [0.2, 0.25) is 0 Å². The highest BCUT2D eigenvalue weighted by molar-refractivity contribution is 5.53. The summed E-state index contributed by atoms with van der Waals surface area (Å²) in [4.78, 5) is 6.51. The zero-order valence-electron chi connectivity index (χ0n) is 9.48. The van der Waals surface area contributed by atoms with E-state index < -0.39 is 0 Å². The molecular formula is C12H19N3. The molecule has 0 amide bonds. The van der Waals surface area contributed by atoms with Crippen molar-refractivity contribution in [3.05, 3.63) is 18.5 Å². The third-order valence-corrected chi connectivity index (χ3v) is 3.28. The van der Waals surface area contributed by atoms with Crippen molar-refractivity contribution >= 4 is 11.4 Å². The molecule has 1 atom stereocenters. The molecule has 1 saturated heterocycles. The average molecular weight is 205 g/mol. The van der Waals surface area contributed by atoms with Gasteiger partial charge in [0.15, 0.2) is 0 Å². The Bertz CT molecular complexity index is 335. The first-order valence-electron chi connectivity index (χ1n) is 5.62. The van der Waals surface area contributed by atoms with Gasteiger partial charge in [0.25, 0.3) is 0 Å². The molecule has 1 aromatic heterocycles. The average Bonchev–Trinajstić information content (AvgIpc) is 2.66. The van der Waals surface area contributed by atoms with E-state index >= 15 is 0 Å². The van der Waals surface area contributed by atoms with Gasteiger partial charge >= 0.3 is 0 Å². The van der Waals surface area contributed by atoms with Gasteiger partial charge in [-0.15, -0.1) is 0 Å². The Balaban J connectivity index is 2.08. The Morgan fingerprint density at radius 1 is 1.47 bits per heavy atom. The molecule has 3 nitrogen and oxygen atoms in total. The minimum absolute atomic E-state index is 0.750. The normalized spacial score (nSPS) is 21.3. The molecule has 1 aliphatic heterocycles. The van der Waals surface area contributed by atoms with Gasteiger partial charge in [-0.3, -0.25) is 4.98 Å². The summed E-state index contributed by atoms with van der Waals surface area (Å²) in [6, 6.07) is 2.01. The largest absolute Gasteiger partial charge is 0.397 e. The van der Waals surface area contributed by atoms with Gasteiger partial charge in [-0.1, -0.05) is 13.8 Å². The van der Waals surface area contributed by atoms with Crippen molar-refractivity contribution in [2.24, 2.45) is 11.8 Å². The van der Waals surface area contributed by atoms with Crippen LogP contribution in [0.4, 0.5) is 11.4 Å². The number of anilines is 2. The van der Waals surface area contributed by atoms with Crippen molar-refractivity contribution in [2.45, 2.75) is 20.3 Å². The van der Waals surface area contributed by atoms with Crippen molar-refractivity contribution in [1.82, 2.24) is 4.98 Å². The molecule has 1 fully saturated rings. The second kappa shape index (κ2) is 4.09. The van der Waals surface area contributed by atoms with Gasteiger partial charge in [0, 0.05) is 19.3 Å². The van der Waals surface area contributed by atoms with E-state index in [-0.39, 0.29) is 0 Å². The fourth-order valence-electron chi connectivity index (χ4n) is 2.18. The topological polar surface area (TPSA) is 42.2 Å². The van der Waals surface area contributed by atoms with Crippen LogP contribution < -0.4 is 10.6 Å². The SMILES string of the molecule is CC(C)C1CCN(c2cncc(N)c2)C1. The Morgan fingerprint density at radius 3 is 2.87 bits per heavy atom. The molecular weight excluding hydrogens is 186 g/mol. The highest BCUT2D eigenvalue weighted by Crippen LogP contribution is 2.28. The van der Waals surface area contributed by atoms with Crippen LogP contribution in [0.1, 0.15) is 20.3 Å². The standard InChI is InChI=1S/C12H19N3/c1-9(2)10-3-4-15(8-10)12-5-11(13)6-14-7-12/h5-7,9-10H,3-4,8,13H2,1-2H3. The maximum absolute atomic E-state index is 5.73. The number of nitrogens with zero attached hydrogens (tertiary/aromatic N) is 2. The first-order chi connectivity index (χ1) is 7.16. The van der Waals surface area contributed by atoms with Crippen LogP contribution in [0.25, 0.3) is 0 Å². The molecule has 0 saturated carbocycles. The summed E-state index contributed by atoms with van der Waals surface area (Å²) < 4.78 is 0. The van der Waals surface area contributed by atoms with Crippen LogP contribution >= 0.6 is 0 Å². The summed E-state index contributed by atoms with van der Waals surface area (Å²) in [6.07, 6.45) is 4.88. The van der Waals surface area contributed by atoms with Crippen molar-refractivity contribution in [3.8, 4) is 0 Å². The highest BCUT2D eigenvalue weighted by Gasteiger charge is 2.24. The fraction of sp³-hybridized carbons (Fsp3) is 0.583. The zero-order valence-corrected chi connectivity index (χ0v) is 9.48. The summed E-state index contributed by atoms with van der Waals surface area (Å²) in [5, 5.41) is 0. The molecule has 82 valence electrons. The predicted molar refractivity (Wildman–Crippen MR) is 63.8 cm³/mol. The third-order valence-electron chi connectivity index (χ3n) is 3.28. The van der Waals surface area contributed by atoms with E-state index in [0.29, 0.717) is 0 Å². The summed E-state index contributed by atoms with van der Waals surface area (Å²) in [5.41, 5.74) is 7.65. The summed E-state index contributed by atoms with van der Waals surface area (Å²) in [7, 11) is 0. The van der Waals surface area contributed by atoms with Crippen molar-refractivity contribution in [3.63, 3.8) is 0 Å². The molecule has 15 heavy (non-hydrogen) atoms. The van der Waals surface area contributed by atoms with Gasteiger partial charge in [-0.2, -0.15) is 0 Å². The number of hydrogen-bond donors (Lipinski definition) is 1. The molecule has 0 bridgehead atoms. The van der Waals surface area contributed by atoms with E-state index in [1.54, 1.807) is 6.20 Å². The summed E-state index contributed by atoms with van der Waals surface area (Å²) in [6.45, 7) is 6.87. The lowest BCUT2D eigenvalue weighted by molar-refractivity contribution is 0.423. The van der Waals surface area contributed by atoms with Crippen LogP contribution in [0, 0.1) is 11.8 Å². The van der Waals surface area contributed by atoms with E-state index in [1.807, 2.05) is 12.3 Å². The lowest BCUT2D eigenvalue weighted by Gasteiger charge is -2.19. The van der Waals surface area contributed by atoms with Crippen LogP contribution in [0.2, 0.25) is 0 Å². The minimum Gasteiger partial charge on any atom is -0.397 e. The number of aromatic nitrogens is 1. The molecule has 3 heteroatoms. The van der Waals surface area contributed by atoms with Crippen LogP contribution in [0.5, 0.6) is 0 Å². The molecule has 1 unspecified atom stereocenters. The molecule has 2 rings (SSSR count). The monoisotopic (exact) mass is 205 g/mol. The second-order valence-corrected chi connectivity index (χ2v) is 4.72. The van der Waals surface area contributed by atoms with Gasteiger partial charge < -0.3 is 10.6 Å². The minimum atomic E-state index is 0.750. The zero-order chi connectivity index (χ0) is 10.8. The van der Waals surface area contributed by atoms with E-state index in [1.165, 1.54) is 6.42 Å². The smallest absolute Gasteiger partial charge is 0.0573 e. The Morgan fingerprint density at radius 2 is 2.27 bits per heavy atom. The van der Waals surface area contributed by atoms with Gasteiger partial charge in [-0.05, 0) is 24.3 Å². The molecule has 0 spiro atoms. The first kappa shape index (κ1) is 10.3.